The Bertz CT molecular complexity index is 410. The molecule has 1 atom stereocenters. The molecule has 1 N–H and O–H groups in total. The van der Waals surface area contributed by atoms with E-state index < -0.39 is 0 Å². The molecule has 18 heavy (non-hydrogen) atoms. The van der Waals surface area contributed by atoms with E-state index in [0.29, 0.717) is 6.61 Å². The standard InChI is InChI=1S/C11H16N2O4S/c14-6-7-17-9-2-1-5-12(8-9)10-3-4-11(18-10)13(15)16/h3-4,9,14H,1-2,5-8H2/t9-/m1/s1. The molecule has 1 aromatic heterocycles. The third-order valence-corrected chi connectivity index (χ3v) is 3.99. The molecule has 0 amide bonds. The lowest BCUT2D eigenvalue weighted by Crippen LogP contribution is -2.39. The van der Waals surface area contributed by atoms with Crippen LogP contribution in [0.3, 0.4) is 0 Å². The number of thiophene rings is 1. The summed E-state index contributed by atoms with van der Waals surface area (Å²) in [6.07, 6.45) is 2.08. The Morgan fingerprint density at radius 2 is 2.44 bits per heavy atom. The maximum atomic E-state index is 10.6. The fourth-order valence-electron chi connectivity index (χ4n) is 2.08. The van der Waals surface area contributed by atoms with E-state index in [-0.39, 0.29) is 22.6 Å². The largest absolute Gasteiger partial charge is 0.394 e. The summed E-state index contributed by atoms with van der Waals surface area (Å²) < 4.78 is 5.52. The summed E-state index contributed by atoms with van der Waals surface area (Å²) in [5.74, 6) is 0. The van der Waals surface area contributed by atoms with Gasteiger partial charge in [-0.1, -0.05) is 0 Å². The third-order valence-electron chi connectivity index (χ3n) is 2.89. The number of hydrogen-bond donors (Lipinski definition) is 1. The molecule has 0 radical (unpaired) electrons. The van der Waals surface area contributed by atoms with E-state index in [1.54, 1.807) is 6.07 Å². The first kappa shape index (κ1) is 13.3. The Kier molecular flexibility index (Phi) is 4.51. The summed E-state index contributed by atoms with van der Waals surface area (Å²) in [6.45, 7) is 2.01. The van der Waals surface area contributed by atoms with Crippen LogP contribution in [0.5, 0.6) is 0 Å². The van der Waals surface area contributed by atoms with E-state index in [9.17, 15) is 10.1 Å². The molecule has 0 aromatic carbocycles. The van der Waals surface area contributed by atoms with Gasteiger partial charge in [0.1, 0.15) is 0 Å². The van der Waals surface area contributed by atoms with Crippen LogP contribution in [0.1, 0.15) is 12.8 Å². The molecule has 1 aliphatic heterocycles. The van der Waals surface area contributed by atoms with Crippen molar-refractivity contribution in [1.29, 1.82) is 0 Å². The lowest BCUT2D eigenvalue weighted by Gasteiger charge is -2.33. The van der Waals surface area contributed by atoms with Gasteiger partial charge in [0.25, 0.3) is 0 Å². The number of nitro groups is 1. The molecule has 1 saturated heterocycles. The third kappa shape index (κ3) is 3.18. The second kappa shape index (κ2) is 6.12. The molecule has 2 heterocycles. The molecular formula is C11H16N2O4S. The van der Waals surface area contributed by atoms with Crippen molar-refractivity contribution < 1.29 is 14.8 Å². The van der Waals surface area contributed by atoms with Gasteiger partial charge in [0.15, 0.2) is 0 Å². The number of nitrogens with zero attached hydrogens (tertiary/aromatic N) is 2. The van der Waals surface area contributed by atoms with Crippen molar-refractivity contribution in [3.8, 4) is 0 Å². The molecule has 0 spiro atoms. The van der Waals surface area contributed by atoms with Crippen molar-refractivity contribution in [2.45, 2.75) is 18.9 Å². The second-order valence-electron chi connectivity index (χ2n) is 4.17. The molecule has 6 nitrogen and oxygen atoms in total. The quantitative estimate of drug-likeness (QED) is 0.651. The van der Waals surface area contributed by atoms with Gasteiger partial charge in [0.05, 0.1) is 29.2 Å². The van der Waals surface area contributed by atoms with E-state index in [1.165, 1.54) is 17.4 Å². The zero-order chi connectivity index (χ0) is 13.0. The highest BCUT2D eigenvalue weighted by atomic mass is 32.1. The van der Waals surface area contributed by atoms with Gasteiger partial charge in [-0.25, -0.2) is 0 Å². The van der Waals surface area contributed by atoms with Gasteiger partial charge in [0.2, 0.25) is 0 Å². The predicted molar refractivity (Wildman–Crippen MR) is 69.2 cm³/mol. The molecule has 0 saturated carbocycles. The van der Waals surface area contributed by atoms with Crippen LogP contribution >= 0.6 is 11.3 Å². The Morgan fingerprint density at radius 1 is 1.61 bits per heavy atom. The summed E-state index contributed by atoms with van der Waals surface area (Å²) in [5, 5.41) is 20.5. The van der Waals surface area contributed by atoms with Crippen molar-refractivity contribution in [2.24, 2.45) is 0 Å². The highest BCUT2D eigenvalue weighted by Crippen LogP contribution is 2.33. The van der Waals surface area contributed by atoms with Crippen LogP contribution < -0.4 is 4.90 Å². The number of aliphatic hydroxyl groups is 1. The first-order valence-corrected chi connectivity index (χ1v) is 6.74. The second-order valence-corrected chi connectivity index (χ2v) is 5.21. The van der Waals surface area contributed by atoms with Crippen molar-refractivity contribution in [1.82, 2.24) is 0 Å². The maximum Gasteiger partial charge on any atom is 0.326 e. The number of ether oxygens (including phenoxy) is 1. The molecule has 1 aliphatic rings. The zero-order valence-electron chi connectivity index (χ0n) is 9.95. The first-order chi connectivity index (χ1) is 8.70. The molecule has 100 valence electrons. The van der Waals surface area contributed by atoms with Crippen LogP contribution in [0.4, 0.5) is 10.0 Å². The van der Waals surface area contributed by atoms with Crippen LogP contribution in [0.25, 0.3) is 0 Å². The number of aliphatic hydroxyl groups excluding tert-OH is 1. The Balaban J connectivity index is 1.96. The van der Waals surface area contributed by atoms with Gasteiger partial charge < -0.3 is 14.7 Å². The topological polar surface area (TPSA) is 75.8 Å². The maximum absolute atomic E-state index is 10.6. The Morgan fingerprint density at radius 3 is 3.11 bits per heavy atom. The zero-order valence-corrected chi connectivity index (χ0v) is 10.8. The Hall–Kier alpha value is -1.18. The van der Waals surface area contributed by atoms with Crippen LogP contribution in [0.15, 0.2) is 12.1 Å². The monoisotopic (exact) mass is 272 g/mol. The van der Waals surface area contributed by atoms with E-state index >= 15 is 0 Å². The fraction of sp³-hybridized carbons (Fsp3) is 0.636. The van der Waals surface area contributed by atoms with Gasteiger partial charge in [-0.05, 0) is 30.2 Å². The highest BCUT2D eigenvalue weighted by molar-refractivity contribution is 7.19. The molecule has 1 fully saturated rings. The van der Waals surface area contributed by atoms with Gasteiger partial charge in [-0.3, -0.25) is 10.1 Å². The fourth-order valence-corrected chi connectivity index (χ4v) is 2.94. The van der Waals surface area contributed by atoms with Gasteiger partial charge >= 0.3 is 5.00 Å². The minimum absolute atomic E-state index is 0.0287. The number of anilines is 1. The lowest BCUT2D eigenvalue weighted by atomic mass is 10.1. The number of piperidine rings is 1. The summed E-state index contributed by atoms with van der Waals surface area (Å²) in [7, 11) is 0. The minimum atomic E-state index is -0.363. The van der Waals surface area contributed by atoms with Crippen molar-refractivity contribution >= 4 is 21.3 Å². The van der Waals surface area contributed by atoms with Crippen molar-refractivity contribution in [2.75, 3.05) is 31.2 Å². The van der Waals surface area contributed by atoms with E-state index in [1.807, 2.05) is 0 Å². The molecule has 7 heteroatoms. The van der Waals surface area contributed by atoms with E-state index in [4.69, 9.17) is 9.84 Å². The molecular weight excluding hydrogens is 256 g/mol. The van der Waals surface area contributed by atoms with E-state index in [2.05, 4.69) is 4.90 Å². The lowest BCUT2D eigenvalue weighted by molar-refractivity contribution is -0.380. The smallest absolute Gasteiger partial charge is 0.326 e. The summed E-state index contributed by atoms with van der Waals surface area (Å²) in [6, 6.07) is 3.33. The number of rotatable bonds is 5. The van der Waals surface area contributed by atoms with Crippen LogP contribution in [0, 0.1) is 10.1 Å². The van der Waals surface area contributed by atoms with E-state index in [0.717, 1.165) is 30.9 Å². The average molecular weight is 272 g/mol. The SMILES string of the molecule is O=[N+]([O-])c1ccc(N2CCC[C@@H](OCCO)C2)s1. The molecule has 0 bridgehead atoms. The normalized spacial score (nSPS) is 20.1. The Labute approximate surface area is 109 Å². The minimum Gasteiger partial charge on any atom is -0.394 e. The molecule has 0 unspecified atom stereocenters. The first-order valence-electron chi connectivity index (χ1n) is 5.92. The molecule has 1 aromatic rings. The predicted octanol–water partition coefficient (Wildman–Crippen LogP) is 1.63. The molecule has 0 aliphatic carbocycles. The highest BCUT2D eigenvalue weighted by Gasteiger charge is 2.23. The van der Waals surface area contributed by atoms with Crippen LogP contribution in [-0.2, 0) is 4.74 Å². The summed E-state index contributed by atoms with van der Waals surface area (Å²) >= 11 is 1.20. The van der Waals surface area contributed by atoms with Crippen LogP contribution in [0.2, 0.25) is 0 Å². The van der Waals surface area contributed by atoms with Gasteiger partial charge in [-0.2, -0.15) is 0 Å². The van der Waals surface area contributed by atoms with Crippen LogP contribution in [-0.4, -0.2) is 42.4 Å². The summed E-state index contributed by atoms with van der Waals surface area (Å²) in [5.41, 5.74) is 0. The summed E-state index contributed by atoms with van der Waals surface area (Å²) in [4.78, 5) is 12.4. The van der Waals surface area contributed by atoms with Gasteiger partial charge in [-0.15, -0.1) is 0 Å². The van der Waals surface area contributed by atoms with Gasteiger partial charge in [0, 0.05) is 19.2 Å². The number of hydrogen-bond acceptors (Lipinski definition) is 6. The van der Waals surface area contributed by atoms with Crippen molar-refractivity contribution in [3.63, 3.8) is 0 Å². The molecule has 2 rings (SSSR count). The average Bonchev–Trinajstić information content (AvgIpc) is 2.86. The van der Waals surface area contributed by atoms with Crippen molar-refractivity contribution in [3.05, 3.63) is 22.2 Å².